The topological polar surface area (TPSA) is 113 Å². The third-order valence-electron chi connectivity index (χ3n) is 5.43. The summed E-state index contributed by atoms with van der Waals surface area (Å²) in [6.45, 7) is 3.27. The number of β-amino-alcohol motifs (C(OH)–C–C–N with tert-alkyl or cyclic N) is 1. The lowest BCUT2D eigenvalue weighted by molar-refractivity contribution is -0.123. The number of anilines is 1. The fourth-order valence-electron chi connectivity index (χ4n) is 4.05. The van der Waals surface area contributed by atoms with Crippen LogP contribution in [0.5, 0.6) is 0 Å². The fraction of sp³-hybridized carbons (Fsp3) is 0.556. The molecular weight excluding hydrogens is 320 g/mol. The molecule has 0 spiro atoms. The maximum atomic E-state index is 11.6. The molecule has 2 aliphatic heterocycles. The zero-order valence-electron chi connectivity index (χ0n) is 14.5. The predicted octanol–water partition coefficient (Wildman–Crippen LogP) is 0.122. The van der Waals surface area contributed by atoms with Crippen LogP contribution in [0.15, 0.2) is 24.3 Å². The summed E-state index contributed by atoms with van der Waals surface area (Å²) in [5.74, 6) is -0.688. The number of benzene rings is 1. The molecule has 7 nitrogen and oxygen atoms in total. The van der Waals surface area contributed by atoms with Crippen LogP contribution in [0, 0.1) is 0 Å². The highest BCUT2D eigenvalue weighted by Crippen LogP contribution is 2.31. The van der Waals surface area contributed by atoms with E-state index in [2.05, 4.69) is 0 Å². The molecule has 136 valence electrons. The number of rotatable bonds is 5. The van der Waals surface area contributed by atoms with Crippen molar-refractivity contribution in [3.8, 4) is 0 Å². The monoisotopic (exact) mass is 346 g/mol. The minimum absolute atomic E-state index is 0.0331. The van der Waals surface area contributed by atoms with Crippen LogP contribution in [0.4, 0.5) is 5.69 Å². The average molecular weight is 346 g/mol. The van der Waals surface area contributed by atoms with E-state index in [-0.39, 0.29) is 18.0 Å². The summed E-state index contributed by atoms with van der Waals surface area (Å²) < 4.78 is 0. The van der Waals surface area contributed by atoms with E-state index in [4.69, 9.17) is 11.5 Å². The van der Waals surface area contributed by atoms with Crippen LogP contribution in [-0.2, 0) is 9.59 Å². The number of likely N-dealkylation sites (tertiary alicyclic amines) is 1. The molecule has 2 unspecified atom stereocenters. The van der Waals surface area contributed by atoms with Gasteiger partial charge >= 0.3 is 0 Å². The van der Waals surface area contributed by atoms with Crippen molar-refractivity contribution in [1.29, 1.82) is 0 Å². The molecule has 1 aromatic carbocycles. The van der Waals surface area contributed by atoms with Gasteiger partial charge in [0.05, 0.1) is 12.1 Å². The van der Waals surface area contributed by atoms with E-state index >= 15 is 0 Å². The fourth-order valence-corrected chi connectivity index (χ4v) is 4.05. The molecule has 0 aliphatic carbocycles. The number of primary amides is 2. The molecular formula is C18H26N4O3. The Morgan fingerprint density at radius 3 is 2.40 bits per heavy atom. The smallest absolute Gasteiger partial charge is 0.240 e. The van der Waals surface area contributed by atoms with Crippen LogP contribution < -0.4 is 16.4 Å². The van der Waals surface area contributed by atoms with Gasteiger partial charge in [-0.05, 0) is 43.9 Å². The summed E-state index contributed by atoms with van der Waals surface area (Å²) >= 11 is 0. The van der Waals surface area contributed by atoms with E-state index in [9.17, 15) is 14.7 Å². The molecule has 0 saturated carbocycles. The third kappa shape index (κ3) is 3.48. The molecule has 2 aliphatic rings. The Morgan fingerprint density at radius 1 is 1.16 bits per heavy atom. The highest BCUT2D eigenvalue weighted by atomic mass is 16.3. The quantitative estimate of drug-likeness (QED) is 0.701. The van der Waals surface area contributed by atoms with Gasteiger partial charge in [-0.25, -0.2) is 0 Å². The van der Waals surface area contributed by atoms with E-state index < -0.39 is 18.1 Å². The molecule has 2 amide bonds. The highest BCUT2D eigenvalue weighted by Gasteiger charge is 2.37. The van der Waals surface area contributed by atoms with Crippen molar-refractivity contribution in [2.75, 3.05) is 18.0 Å². The molecule has 4 atom stereocenters. The lowest BCUT2D eigenvalue weighted by atomic mass is 10.0. The second-order valence-corrected chi connectivity index (χ2v) is 7.03. The molecule has 0 radical (unpaired) electrons. The number of carbonyl (C=O) groups is 2. The van der Waals surface area contributed by atoms with Crippen LogP contribution in [0.1, 0.15) is 37.8 Å². The second kappa shape index (κ2) is 7.01. The van der Waals surface area contributed by atoms with Crippen molar-refractivity contribution in [3.05, 3.63) is 29.8 Å². The van der Waals surface area contributed by atoms with Gasteiger partial charge in [0.15, 0.2) is 0 Å². The number of amides is 2. The lowest BCUT2D eigenvalue weighted by Crippen LogP contribution is -2.41. The second-order valence-electron chi connectivity index (χ2n) is 7.03. The van der Waals surface area contributed by atoms with Crippen LogP contribution in [0.2, 0.25) is 0 Å². The van der Waals surface area contributed by atoms with Gasteiger partial charge in [-0.2, -0.15) is 0 Å². The first-order valence-electron chi connectivity index (χ1n) is 8.77. The average Bonchev–Trinajstić information content (AvgIpc) is 3.21. The summed E-state index contributed by atoms with van der Waals surface area (Å²) in [4.78, 5) is 27.2. The van der Waals surface area contributed by atoms with Gasteiger partial charge in [0.25, 0.3) is 0 Å². The minimum atomic E-state index is -0.528. The summed E-state index contributed by atoms with van der Waals surface area (Å²) in [5, 5.41) is 9.88. The van der Waals surface area contributed by atoms with E-state index in [1.165, 1.54) is 0 Å². The highest BCUT2D eigenvalue weighted by molar-refractivity contribution is 5.84. The summed E-state index contributed by atoms with van der Waals surface area (Å²) in [6.07, 6.45) is 1.60. The minimum Gasteiger partial charge on any atom is -0.392 e. The maximum Gasteiger partial charge on any atom is 0.240 e. The number of aliphatic hydroxyl groups is 1. The number of hydrogen-bond acceptors (Lipinski definition) is 5. The molecule has 1 aromatic rings. The normalized spacial score (nSPS) is 28.2. The zero-order valence-corrected chi connectivity index (χ0v) is 14.5. The van der Waals surface area contributed by atoms with Gasteiger partial charge in [-0.3, -0.25) is 14.5 Å². The maximum absolute atomic E-state index is 11.6. The SMILES string of the molecule is C[C@@H](c1ccc(N2CCC[C@H]2C(N)=O)cc1)N1CC(O)CC1C(N)=O. The lowest BCUT2D eigenvalue weighted by Gasteiger charge is -2.30. The van der Waals surface area contributed by atoms with Gasteiger partial charge in [-0.15, -0.1) is 0 Å². The molecule has 25 heavy (non-hydrogen) atoms. The summed E-state index contributed by atoms with van der Waals surface area (Å²) in [7, 11) is 0. The predicted molar refractivity (Wildman–Crippen MR) is 94.7 cm³/mol. The van der Waals surface area contributed by atoms with Crippen molar-refractivity contribution in [1.82, 2.24) is 4.90 Å². The molecule has 5 N–H and O–H groups in total. The number of nitrogens with zero attached hydrogens (tertiary/aromatic N) is 2. The number of nitrogens with two attached hydrogens (primary N) is 2. The molecule has 3 rings (SSSR count). The standard InChI is InChI=1S/C18H26N4O3/c1-11(22-10-14(23)9-16(22)18(20)25)12-4-6-13(7-5-12)21-8-2-3-15(21)17(19)24/h4-7,11,14-16,23H,2-3,8-10H2,1H3,(H2,19,24)(H2,20,25)/t11-,14?,15-,16?/m0/s1. The van der Waals surface area contributed by atoms with Gasteiger partial charge in [0.2, 0.25) is 11.8 Å². The van der Waals surface area contributed by atoms with E-state index in [1.54, 1.807) is 0 Å². The van der Waals surface area contributed by atoms with E-state index in [1.807, 2.05) is 41.0 Å². The van der Waals surface area contributed by atoms with E-state index in [0.29, 0.717) is 13.0 Å². The van der Waals surface area contributed by atoms with Crippen LogP contribution in [0.3, 0.4) is 0 Å². The van der Waals surface area contributed by atoms with Crippen molar-refractivity contribution >= 4 is 17.5 Å². The van der Waals surface area contributed by atoms with Crippen LogP contribution >= 0.6 is 0 Å². The zero-order chi connectivity index (χ0) is 18.1. The summed E-state index contributed by atoms with van der Waals surface area (Å²) in [6, 6.07) is 7.25. The Morgan fingerprint density at radius 2 is 1.80 bits per heavy atom. The molecule has 2 fully saturated rings. The van der Waals surface area contributed by atoms with Gasteiger partial charge < -0.3 is 21.5 Å². The Balaban J connectivity index is 1.76. The number of aliphatic hydroxyl groups excluding tert-OH is 1. The Hall–Kier alpha value is -2.12. The van der Waals surface area contributed by atoms with Gasteiger partial charge in [-0.1, -0.05) is 12.1 Å². The summed E-state index contributed by atoms with van der Waals surface area (Å²) in [5.41, 5.74) is 13.0. The van der Waals surface area contributed by atoms with Gasteiger partial charge in [0.1, 0.15) is 6.04 Å². The molecule has 7 heteroatoms. The Labute approximate surface area is 147 Å². The van der Waals surface area contributed by atoms with E-state index in [0.717, 1.165) is 30.6 Å². The van der Waals surface area contributed by atoms with Crippen molar-refractivity contribution in [2.45, 2.75) is 50.4 Å². The molecule has 2 heterocycles. The number of hydrogen-bond donors (Lipinski definition) is 3. The first-order valence-corrected chi connectivity index (χ1v) is 8.77. The number of carbonyl (C=O) groups excluding carboxylic acids is 2. The largest absolute Gasteiger partial charge is 0.392 e. The molecule has 0 bridgehead atoms. The first kappa shape index (κ1) is 17.7. The van der Waals surface area contributed by atoms with Crippen molar-refractivity contribution < 1.29 is 14.7 Å². The molecule has 2 saturated heterocycles. The van der Waals surface area contributed by atoms with Crippen LogP contribution in [0.25, 0.3) is 0 Å². The third-order valence-corrected chi connectivity index (χ3v) is 5.43. The first-order chi connectivity index (χ1) is 11.9. The van der Waals surface area contributed by atoms with Crippen molar-refractivity contribution in [3.63, 3.8) is 0 Å². The van der Waals surface area contributed by atoms with Crippen molar-refractivity contribution in [2.24, 2.45) is 11.5 Å². The van der Waals surface area contributed by atoms with Crippen LogP contribution in [-0.4, -0.2) is 53.1 Å². The molecule has 0 aromatic heterocycles. The van der Waals surface area contributed by atoms with Gasteiger partial charge in [0, 0.05) is 24.8 Å². The Kier molecular flexibility index (Phi) is 4.96. The Bertz CT molecular complexity index is 648.